The monoisotopic (exact) mass is 963 g/mol. The summed E-state index contributed by atoms with van der Waals surface area (Å²) in [6, 6.07) is 31.2. The number of alkyl halides is 1. The van der Waals surface area contributed by atoms with E-state index in [0.29, 0.717) is 30.8 Å². The third kappa shape index (κ3) is 7.76. The van der Waals surface area contributed by atoms with Crippen LogP contribution >= 0.6 is 11.6 Å². The van der Waals surface area contributed by atoms with Gasteiger partial charge in [0.2, 0.25) is 0 Å². The number of halogens is 2. The summed E-state index contributed by atoms with van der Waals surface area (Å²) >= 11 is 6.82. The van der Waals surface area contributed by atoms with Crippen LogP contribution in [0.4, 0.5) is 4.39 Å². The number of hydrogen-bond acceptors (Lipinski definition) is 8. The molecule has 2 saturated heterocycles. The van der Waals surface area contributed by atoms with Crippen molar-refractivity contribution in [2.45, 2.75) is 70.1 Å². The van der Waals surface area contributed by atoms with E-state index in [-0.39, 0.29) is 35.6 Å². The van der Waals surface area contributed by atoms with E-state index in [0.717, 1.165) is 125 Å². The van der Waals surface area contributed by atoms with Crippen molar-refractivity contribution in [2.75, 3.05) is 33.0 Å². The molecule has 71 heavy (non-hydrogen) atoms. The Morgan fingerprint density at radius 1 is 0.761 bits per heavy atom. The van der Waals surface area contributed by atoms with Crippen LogP contribution in [0.2, 0.25) is 5.02 Å². The zero-order valence-corrected chi connectivity index (χ0v) is 40.5. The molecular formula is C59H55ClFN7O3. The minimum atomic E-state index is -0.275. The Morgan fingerprint density at radius 2 is 1.46 bits per heavy atom. The number of fused-ring (bicyclic) bond motifs is 3. The van der Waals surface area contributed by atoms with E-state index in [1.807, 2.05) is 30.3 Å². The maximum atomic E-state index is 13.2. The van der Waals surface area contributed by atoms with Crippen molar-refractivity contribution in [3.63, 3.8) is 0 Å². The van der Waals surface area contributed by atoms with Crippen molar-refractivity contribution in [1.82, 2.24) is 33.6 Å². The van der Waals surface area contributed by atoms with Crippen molar-refractivity contribution < 1.29 is 19.3 Å². The normalized spacial score (nSPS) is 21.7. The van der Waals surface area contributed by atoms with E-state index < -0.39 is 0 Å². The van der Waals surface area contributed by atoms with E-state index in [1.54, 1.807) is 18.5 Å². The number of rotatable bonds is 10. The lowest BCUT2D eigenvalue weighted by atomic mass is 9.54. The van der Waals surface area contributed by atoms with Gasteiger partial charge in [0.25, 0.3) is 0 Å². The fraction of sp³-hybridized carbons (Fsp3) is 0.305. The molecule has 2 bridgehead atoms. The molecular weight excluding hydrogens is 909 g/mol. The number of ether oxygens (including phenoxy) is 1. The largest absolute Gasteiger partial charge is 0.508 e. The molecule has 8 aromatic rings. The molecule has 0 spiro atoms. The molecule has 1 atom stereocenters. The Morgan fingerprint density at radius 3 is 2.17 bits per heavy atom. The van der Waals surface area contributed by atoms with E-state index >= 15 is 0 Å². The van der Waals surface area contributed by atoms with Gasteiger partial charge in [-0.05, 0) is 178 Å². The minimum absolute atomic E-state index is 0.0341. The smallest absolute Gasteiger partial charge is 0.137 e. The van der Waals surface area contributed by atoms with Crippen LogP contribution in [0, 0.1) is 18.8 Å². The second-order valence-electron chi connectivity index (χ2n) is 20.7. The number of phenolic OH excluding ortho intramolecular Hbond substituents is 2. The standard InChI is InChI=1S/C59H55ClFN7O3/c1-36-5-2-3-7-46(36)58-41-25-59(26-41,51-24-45(70)10-12-50(51)57(58)40-15-20-68-34-43(64-55(68)23-40)32-66-29-37(27-61)30-66)53-16-18-65(35-71-53)31-42-33-67-19-14-39(22-54(67)63-42)56-47-11-9-44(69)21-38(47)6-4-8-49(56)48-13-17-62-28-52(48)60/h2-3,5,7,9-15,17,19-24,28,33-34,37,41,53,69-70H,4,6,8,16,18,25-27,29-32,35H2,1H3. The zero-order valence-electron chi connectivity index (χ0n) is 39.7. The summed E-state index contributed by atoms with van der Waals surface area (Å²) in [6.45, 7) is 6.19. The summed E-state index contributed by atoms with van der Waals surface area (Å²) in [7, 11) is 0. The van der Waals surface area contributed by atoms with Gasteiger partial charge in [0, 0.05) is 81.2 Å². The van der Waals surface area contributed by atoms with Gasteiger partial charge < -0.3 is 23.8 Å². The van der Waals surface area contributed by atoms with Crippen molar-refractivity contribution >= 4 is 45.2 Å². The van der Waals surface area contributed by atoms with Crippen LogP contribution in [-0.4, -0.2) is 82.9 Å². The number of phenols is 2. The molecule has 4 aliphatic carbocycles. The average Bonchev–Trinajstić information content (AvgIpc) is 3.83. The van der Waals surface area contributed by atoms with Crippen molar-refractivity contribution in [3.05, 3.63) is 195 Å². The molecule has 2 aliphatic heterocycles. The quantitative estimate of drug-likeness (QED) is 0.140. The van der Waals surface area contributed by atoms with Crippen LogP contribution in [0.3, 0.4) is 0 Å². The summed E-state index contributed by atoms with van der Waals surface area (Å²) in [5, 5.41) is 22.3. The summed E-state index contributed by atoms with van der Waals surface area (Å²) < 4.78 is 24.4. The number of imidazole rings is 2. The highest BCUT2D eigenvalue weighted by Gasteiger charge is 2.56. The predicted octanol–water partition coefficient (Wildman–Crippen LogP) is 11.3. The predicted molar refractivity (Wildman–Crippen MR) is 276 cm³/mol. The topological polar surface area (TPSA) is 104 Å². The lowest BCUT2D eigenvalue weighted by Gasteiger charge is -2.54. The Kier molecular flexibility index (Phi) is 11.0. The molecule has 1 saturated carbocycles. The lowest BCUT2D eigenvalue weighted by molar-refractivity contribution is -0.127. The number of nitrogens with zero attached hydrogens (tertiary/aromatic N) is 7. The van der Waals surface area contributed by atoms with Gasteiger partial charge in [-0.2, -0.15) is 0 Å². The second kappa shape index (κ2) is 17.6. The summed E-state index contributed by atoms with van der Waals surface area (Å²) in [4.78, 5) is 19.2. The number of likely N-dealkylation sites (tertiary alicyclic amines) is 1. The van der Waals surface area contributed by atoms with Gasteiger partial charge in [0.05, 0.1) is 35.9 Å². The minimum Gasteiger partial charge on any atom is -0.508 e. The van der Waals surface area contributed by atoms with E-state index in [9.17, 15) is 14.6 Å². The highest BCUT2D eigenvalue weighted by atomic mass is 35.5. The molecule has 1 unspecified atom stereocenters. The second-order valence-corrected chi connectivity index (χ2v) is 21.1. The highest BCUT2D eigenvalue weighted by molar-refractivity contribution is 6.32. The third-order valence-electron chi connectivity index (χ3n) is 16.2. The van der Waals surface area contributed by atoms with Crippen LogP contribution in [0.25, 0.3) is 33.6 Å². The Hall–Kier alpha value is -6.63. The van der Waals surface area contributed by atoms with Gasteiger partial charge in [-0.3, -0.25) is 19.2 Å². The number of pyridine rings is 3. The fourth-order valence-corrected chi connectivity index (χ4v) is 13.1. The SMILES string of the molecule is Cc1ccccc1C1=C(c2ccn3cc(CN4CC(CF)C4)nc3c2)c2ccc(O)cc2C2(C3CCN(Cc4cn5ccc(C6=C(c7ccncc7Cl)CCCc7cc(O)ccc76)cc5n4)CO3)CC1C2. The Balaban J connectivity index is 0.786. The molecule has 12 heteroatoms. The molecule has 3 fully saturated rings. The number of allylic oxidation sites excluding steroid dienone is 2. The average molecular weight is 965 g/mol. The molecule has 7 heterocycles. The van der Waals surface area contributed by atoms with Gasteiger partial charge in [-0.15, -0.1) is 0 Å². The highest BCUT2D eigenvalue weighted by Crippen LogP contribution is 2.63. The first-order valence-corrected chi connectivity index (χ1v) is 25.4. The van der Waals surface area contributed by atoms with Crippen LogP contribution in [0.15, 0.2) is 128 Å². The van der Waals surface area contributed by atoms with E-state index in [4.69, 9.17) is 26.3 Å². The van der Waals surface area contributed by atoms with Crippen molar-refractivity contribution in [2.24, 2.45) is 11.8 Å². The van der Waals surface area contributed by atoms with Crippen molar-refractivity contribution in [1.29, 1.82) is 0 Å². The number of aryl methyl sites for hydroxylation is 2. The first-order chi connectivity index (χ1) is 34.7. The van der Waals surface area contributed by atoms with Crippen LogP contribution in [0.5, 0.6) is 11.5 Å². The fourth-order valence-electron chi connectivity index (χ4n) is 12.8. The van der Waals surface area contributed by atoms with Crippen molar-refractivity contribution in [3.8, 4) is 11.5 Å². The van der Waals surface area contributed by atoms with Crippen LogP contribution in [-0.2, 0) is 29.7 Å². The number of aromatic nitrogens is 5. The zero-order chi connectivity index (χ0) is 48.0. The van der Waals surface area contributed by atoms with Crippen LogP contribution in [0.1, 0.15) is 93.6 Å². The van der Waals surface area contributed by atoms with Gasteiger partial charge >= 0.3 is 0 Å². The molecule has 14 rings (SSSR count). The number of benzene rings is 3. The van der Waals surface area contributed by atoms with E-state index in [1.165, 1.54) is 27.8 Å². The molecule has 2 N–H and O–H groups in total. The van der Waals surface area contributed by atoms with Gasteiger partial charge in [0.15, 0.2) is 0 Å². The summed E-state index contributed by atoms with van der Waals surface area (Å²) in [6.07, 6.45) is 17.2. The number of hydrogen-bond donors (Lipinski definition) is 2. The molecule has 10 nitrogen and oxygen atoms in total. The van der Waals surface area contributed by atoms with Gasteiger partial charge in [-0.25, -0.2) is 9.97 Å². The molecule has 358 valence electrons. The molecule has 5 aromatic heterocycles. The maximum Gasteiger partial charge on any atom is 0.137 e. The van der Waals surface area contributed by atoms with Crippen LogP contribution < -0.4 is 0 Å². The Labute approximate surface area is 417 Å². The van der Waals surface area contributed by atoms with Gasteiger partial charge in [0.1, 0.15) is 22.8 Å². The van der Waals surface area contributed by atoms with Gasteiger partial charge in [-0.1, -0.05) is 48.0 Å². The summed E-state index contributed by atoms with van der Waals surface area (Å²) in [5.74, 6) is 0.961. The maximum absolute atomic E-state index is 13.2. The molecule has 6 aliphatic rings. The summed E-state index contributed by atoms with van der Waals surface area (Å²) in [5.41, 5.74) is 18.4. The third-order valence-corrected chi connectivity index (χ3v) is 16.5. The first kappa shape index (κ1) is 44.3. The molecule has 0 amide bonds. The number of aromatic hydroxyl groups is 2. The first-order valence-electron chi connectivity index (χ1n) is 25.1. The van der Waals surface area contributed by atoms with E-state index in [2.05, 4.69) is 110 Å². The Bertz CT molecular complexity index is 3470. The lowest BCUT2D eigenvalue weighted by Crippen LogP contribution is -2.55. The molecule has 3 aromatic carbocycles. The molecule has 0 radical (unpaired) electrons.